The molecule has 0 unspecified atom stereocenters. The Morgan fingerprint density at radius 1 is 1.19 bits per heavy atom. The lowest BCUT2D eigenvalue weighted by atomic mass is 9.83. The van der Waals surface area contributed by atoms with Crippen molar-refractivity contribution in [2.24, 2.45) is 16.9 Å². The zero-order valence-corrected chi connectivity index (χ0v) is 14.5. The van der Waals surface area contributed by atoms with Crippen LogP contribution < -0.4 is 5.43 Å². The van der Waals surface area contributed by atoms with E-state index in [4.69, 9.17) is 4.42 Å². The molecule has 0 fully saturated rings. The van der Waals surface area contributed by atoms with Crippen molar-refractivity contribution in [3.05, 3.63) is 66.7 Å². The van der Waals surface area contributed by atoms with Gasteiger partial charge in [0.05, 0.1) is 11.6 Å². The SMILES string of the molecule is C=CC[C@@H]1C(=O)NN=C(c2ccc3nc(-c4ccccc4)oc3c2)[C@@H]1C. The largest absolute Gasteiger partial charge is 0.436 e. The van der Waals surface area contributed by atoms with Gasteiger partial charge < -0.3 is 4.42 Å². The molecule has 2 aromatic carbocycles. The molecule has 0 saturated carbocycles. The number of nitrogens with zero attached hydrogens (tertiary/aromatic N) is 2. The molecule has 4 rings (SSSR count). The number of oxazole rings is 1. The Morgan fingerprint density at radius 3 is 2.77 bits per heavy atom. The summed E-state index contributed by atoms with van der Waals surface area (Å²) in [5.41, 5.74) is 6.83. The second-order valence-electron chi connectivity index (χ2n) is 6.46. The van der Waals surface area contributed by atoms with Crippen molar-refractivity contribution in [2.45, 2.75) is 13.3 Å². The summed E-state index contributed by atoms with van der Waals surface area (Å²) in [4.78, 5) is 16.6. The molecule has 130 valence electrons. The minimum atomic E-state index is -0.162. The molecule has 26 heavy (non-hydrogen) atoms. The number of rotatable bonds is 4. The molecule has 3 aromatic rings. The number of fused-ring (bicyclic) bond motifs is 1. The highest BCUT2D eigenvalue weighted by molar-refractivity contribution is 6.07. The summed E-state index contributed by atoms with van der Waals surface area (Å²) in [5, 5.41) is 4.29. The van der Waals surface area contributed by atoms with Crippen molar-refractivity contribution in [3.8, 4) is 11.5 Å². The smallest absolute Gasteiger partial charge is 0.244 e. The molecule has 1 amide bonds. The first-order valence-corrected chi connectivity index (χ1v) is 8.62. The Morgan fingerprint density at radius 2 is 2.00 bits per heavy atom. The predicted octanol–water partition coefficient (Wildman–Crippen LogP) is 4.16. The molecule has 5 nitrogen and oxygen atoms in total. The number of hydrazone groups is 1. The number of aromatic nitrogens is 1. The summed E-state index contributed by atoms with van der Waals surface area (Å²) in [7, 11) is 0. The standard InChI is InChI=1S/C21H19N3O2/c1-3-7-16-13(2)19(23-24-20(16)25)15-10-11-17-18(12-15)26-21(22-17)14-8-5-4-6-9-14/h3-6,8-13,16H,1,7H2,2H3,(H,24,25)/t13-,16+/m1/s1. The van der Waals surface area contributed by atoms with Crippen LogP contribution >= 0.6 is 0 Å². The summed E-state index contributed by atoms with van der Waals surface area (Å²) in [6.07, 6.45) is 2.39. The van der Waals surface area contributed by atoms with E-state index < -0.39 is 0 Å². The van der Waals surface area contributed by atoms with Crippen LogP contribution in [0, 0.1) is 11.8 Å². The maximum atomic E-state index is 12.0. The van der Waals surface area contributed by atoms with Gasteiger partial charge in [-0.15, -0.1) is 6.58 Å². The molecule has 0 radical (unpaired) electrons. The molecule has 0 aliphatic carbocycles. The average Bonchev–Trinajstić information content (AvgIpc) is 3.09. The molecule has 2 heterocycles. The lowest BCUT2D eigenvalue weighted by Crippen LogP contribution is -2.40. The summed E-state index contributed by atoms with van der Waals surface area (Å²) in [5.74, 6) is 0.364. The van der Waals surface area contributed by atoms with Crippen molar-refractivity contribution < 1.29 is 9.21 Å². The normalized spacial score (nSPS) is 19.9. The van der Waals surface area contributed by atoms with Gasteiger partial charge in [-0.25, -0.2) is 10.4 Å². The van der Waals surface area contributed by atoms with Gasteiger partial charge in [0.15, 0.2) is 5.58 Å². The zero-order valence-electron chi connectivity index (χ0n) is 14.5. The number of hydrogen-bond donors (Lipinski definition) is 1. The van der Waals surface area contributed by atoms with Crippen LogP contribution in [0.4, 0.5) is 0 Å². The Balaban J connectivity index is 1.71. The van der Waals surface area contributed by atoms with E-state index in [0.29, 0.717) is 17.9 Å². The van der Waals surface area contributed by atoms with Gasteiger partial charge in [0.25, 0.3) is 0 Å². The average molecular weight is 345 g/mol. The van der Waals surface area contributed by atoms with E-state index in [1.54, 1.807) is 6.08 Å². The van der Waals surface area contributed by atoms with E-state index in [0.717, 1.165) is 22.4 Å². The zero-order chi connectivity index (χ0) is 18.1. The van der Waals surface area contributed by atoms with Crippen LogP contribution in [0.2, 0.25) is 0 Å². The molecule has 1 aliphatic rings. The topological polar surface area (TPSA) is 67.5 Å². The Kier molecular flexibility index (Phi) is 4.13. The van der Waals surface area contributed by atoms with Crippen molar-refractivity contribution in [3.63, 3.8) is 0 Å². The number of hydrogen-bond acceptors (Lipinski definition) is 4. The Bertz CT molecular complexity index is 1000. The highest BCUT2D eigenvalue weighted by atomic mass is 16.3. The molecule has 1 aliphatic heterocycles. The number of carbonyl (C=O) groups excluding carboxylic acids is 1. The maximum Gasteiger partial charge on any atom is 0.244 e. The second kappa shape index (κ2) is 6.59. The summed E-state index contributed by atoms with van der Waals surface area (Å²) >= 11 is 0. The van der Waals surface area contributed by atoms with Crippen LogP contribution in [-0.2, 0) is 4.79 Å². The van der Waals surface area contributed by atoms with E-state index in [-0.39, 0.29) is 17.7 Å². The summed E-state index contributed by atoms with van der Waals surface area (Å²) in [6, 6.07) is 15.6. The second-order valence-corrected chi connectivity index (χ2v) is 6.46. The maximum absolute atomic E-state index is 12.0. The van der Waals surface area contributed by atoms with Crippen molar-refractivity contribution in [2.75, 3.05) is 0 Å². The molecule has 0 spiro atoms. The summed E-state index contributed by atoms with van der Waals surface area (Å²) < 4.78 is 5.95. The van der Waals surface area contributed by atoms with Crippen molar-refractivity contribution in [1.29, 1.82) is 0 Å². The molecule has 1 aromatic heterocycles. The first-order valence-electron chi connectivity index (χ1n) is 8.62. The van der Waals surface area contributed by atoms with Crippen LogP contribution in [0.25, 0.3) is 22.6 Å². The van der Waals surface area contributed by atoms with E-state index in [1.165, 1.54) is 0 Å². The van der Waals surface area contributed by atoms with Gasteiger partial charge in [-0.2, -0.15) is 5.10 Å². The van der Waals surface area contributed by atoms with E-state index >= 15 is 0 Å². The highest BCUT2D eigenvalue weighted by Gasteiger charge is 2.32. The van der Waals surface area contributed by atoms with Gasteiger partial charge in [0.1, 0.15) is 5.52 Å². The first-order chi connectivity index (χ1) is 12.7. The third kappa shape index (κ3) is 2.81. The number of benzene rings is 2. The van der Waals surface area contributed by atoms with E-state index in [1.807, 2.05) is 55.5 Å². The molecular formula is C21H19N3O2. The lowest BCUT2D eigenvalue weighted by molar-refractivity contribution is -0.126. The van der Waals surface area contributed by atoms with Gasteiger partial charge in [0.2, 0.25) is 11.8 Å². The monoisotopic (exact) mass is 345 g/mol. The van der Waals surface area contributed by atoms with Gasteiger partial charge in [-0.3, -0.25) is 4.79 Å². The summed E-state index contributed by atoms with van der Waals surface area (Å²) in [6.45, 7) is 5.77. The van der Waals surface area contributed by atoms with Crippen molar-refractivity contribution >= 4 is 22.7 Å². The number of amides is 1. The van der Waals surface area contributed by atoms with E-state index in [2.05, 4.69) is 22.1 Å². The molecular weight excluding hydrogens is 326 g/mol. The highest BCUT2D eigenvalue weighted by Crippen LogP contribution is 2.29. The van der Waals surface area contributed by atoms with Crippen LogP contribution in [-0.4, -0.2) is 16.6 Å². The van der Waals surface area contributed by atoms with Crippen LogP contribution in [0.5, 0.6) is 0 Å². The fourth-order valence-corrected chi connectivity index (χ4v) is 3.32. The van der Waals surface area contributed by atoms with Crippen LogP contribution in [0.1, 0.15) is 18.9 Å². The van der Waals surface area contributed by atoms with Gasteiger partial charge in [-0.05, 0) is 30.7 Å². The fourth-order valence-electron chi connectivity index (χ4n) is 3.32. The van der Waals surface area contributed by atoms with Gasteiger partial charge in [-0.1, -0.05) is 37.3 Å². The van der Waals surface area contributed by atoms with E-state index in [9.17, 15) is 4.79 Å². The number of carbonyl (C=O) groups is 1. The molecule has 0 bridgehead atoms. The Hall–Kier alpha value is -3.21. The Labute approximate surface area is 151 Å². The first kappa shape index (κ1) is 16.3. The third-order valence-electron chi connectivity index (χ3n) is 4.78. The fraction of sp³-hybridized carbons (Fsp3) is 0.190. The minimum Gasteiger partial charge on any atom is -0.436 e. The van der Waals surface area contributed by atoms with Crippen LogP contribution in [0.3, 0.4) is 0 Å². The van der Waals surface area contributed by atoms with Gasteiger partial charge in [0, 0.05) is 17.0 Å². The molecule has 1 N–H and O–H groups in total. The van der Waals surface area contributed by atoms with Crippen molar-refractivity contribution in [1.82, 2.24) is 10.4 Å². The predicted molar refractivity (Wildman–Crippen MR) is 102 cm³/mol. The lowest BCUT2D eigenvalue weighted by Gasteiger charge is -2.27. The number of nitrogens with one attached hydrogen (secondary N) is 1. The number of allylic oxidation sites excluding steroid dienone is 1. The van der Waals surface area contributed by atoms with Gasteiger partial charge >= 0.3 is 0 Å². The quantitative estimate of drug-likeness (QED) is 0.722. The molecule has 5 heteroatoms. The third-order valence-corrected chi connectivity index (χ3v) is 4.78. The van der Waals surface area contributed by atoms with Crippen LogP contribution in [0.15, 0.2) is 70.7 Å². The minimum absolute atomic E-state index is 0.00397. The molecule has 2 atom stereocenters. The molecule has 0 saturated heterocycles.